The first-order chi connectivity index (χ1) is 13.5. The van der Waals surface area contributed by atoms with E-state index in [9.17, 15) is 14.0 Å². The molecule has 0 bridgehead atoms. The topological polar surface area (TPSA) is 49.9 Å². The van der Waals surface area contributed by atoms with Gasteiger partial charge in [-0.1, -0.05) is 23.7 Å². The summed E-state index contributed by atoms with van der Waals surface area (Å²) >= 11 is 5.84. The van der Waals surface area contributed by atoms with Crippen LogP contribution in [0, 0.1) is 5.82 Å². The summed E-state index contributed by atoms with van der Waals surface area (Å²) in [7, 11) is 0. The number of hydrogen-bond donors (Lipinski definition) is 0. The molecule has 1 atom stereocenters. The van der Waals surface area contributed by atoms with E-state index in [0.29, 0.717) is 43.4 Å². The second-order valence-electron chi connectivity index (χ2n) is 6.74. The van der Waals surface area contributed by atoms with Crippen molar-refractivity contribution in [1.29, 1.82) is 0 Å². The smallest absolute Gasteiger partial charge is 0.260 e. The molecule has 0 aliphatic carbocycles. The molecule has 1 saturated heterocycles. The molecule has 2 aromatic carbocycles. The molecule has 0 saturated carbocycles. The van der Waals surface area contributed by atoms with Crippen molar-refractivity contribution in [2.45, 2.75) is 19.0 Å². The monoisotopic (exact) mass is 404 g/mol. The maximum absolute atomic E-state index is 13.1. The summed E-state index contributed by atoms with van der Waals surface area (Å²) < 4.78 is 18.6. The molecule has 0 spiro atoms. The summed E-state index contributed by atoms with van der Waals surface area (Å²) in [6.45, 7) is 2.21. The third-order valence-electron chi connectivity index (χ3n) is 4.80. The average Bonchev–Trinajstić information content (AvgIpc) is 2.70. The SMILES string of the molecule is O=CCC1CN(C(=O)COc2ccc(Cl)cc2)CCN1Cc1ccc(F)cc1. The number of carbonyl (C=O) groups is 2. The standard InChI is InChI=1S/C21H22ClFN2O3/c22-17-3-7-20(8-4-17)28-15-21(27)25-11-10-24(19(14-25)9-12-26)13-16-1-5-18(23)6-2-16/h1-8,12,19H,9-11,13-15H2. The number of rotatable bonds is 7. The molecule has 1 aliphatic rings. The van der Waals surface area contributed by atoms with Crippen LogP contribution in [-0.2, 0) is 16.1 Å². The van der Waals surface area contributed by atoms with E-state index < -0.39 is 0 Å². The summed E-state index contributed by atoms with van der Waals surface area (Å²) in [5.74, 6) is 0.189. The molecule has 1 fully saturated rings. The van der Waals surface area contributed by atoms with Gasteiger partial charge in [0.05, 0.1) is 0 Å². The second kappa shape index (κ2) is 9.66. The van der Waals surface area contributed by atoms with Crippen LogP contribution in [0.2, 0.25) is 5.02 Å². The van der Waals surface area contributed by atoms with E-state index in [2.05, 4.69) is 4.90 Å². The van der Waals surface area contributed by atoms with Crippen molar-refractivity contribution in [2.75, 3.05) is 26.2 Å². The van der Waals surface area contributed by atoms with Crippen LogP contribution in [0.1, 0.15) is 12.0 Å². The molecule has 1 unspecified atom stereocenters. The van der Waals surface area contributed by atoms with E-state index in [1.54, 1.807) is 41.3 Å². The summed E-state index contributed by atoms with van der Waals surface area (Å²) in [6, 6.07) is 13.1. The van der Waals surface area contributed by atoms with Crippen LogP contribution in [0.25, 0.3) is 0 Å². The molecule has 0 aromatic heterocycles. The summed E-state index contributed by atoms with van der Waals surface area (Å²) in [5, 5.41) is 0.604. The van der Waals surface area contributed by atoms with Crippen molar-refractivity contribution in [3.63, 3.8) is 0 Å². The largest absolute Gasteiger partial charge is 0.484 e. The molecule has 1 aliphatic heterocycles. The number of hydrogen-bond acceptors (Lipinski definition) is 4. The first-order valence-corrected chi connectivity index (χ1v) is 9.51. The highest BCUT2D eigenvalue weighted by molar-refractivity contribution is 6.30. The lowest BCUT2D eigenvalue weighted by atomic mass is 10.1. The highest BCUT2D eigenvalue weighted by atomic mass is 35.5. The minimum absolute atomic E-state index is 0.0621. The van der Waals surface area contributed by atoms with Gasteiger partial charge >= 0.3 is 0 Å². The second-order valence-corrected chi connectivity index (χ2v) is 7.17. The average molecular weight is 405 g/mol. The minimum Gasteiger partial charge on any atom is -0.484 e. The summed E-state index contributed by atoms with van der Waals surface area (Å²) in [6.07, 6.45) is 1.21. The fraction of sp³-hybridized carbons (Fsp3) is 0.333. The van der Waals surface area contributed by atoms with Gasteiger partial charge in [-0.2, -0.15) is 0 Å². The molecule has 0 radical (unpaired) electrons. The Kier molecular flexibility index (Phi) is 7.01. The molecule has 1 heterocycles. The number of carbonyl (C=O) groups excluding carboxylic acids is 2. The Morgan fingerprint density at radius 3 is 2.54 bits per heavy atom. The third-order valence-corrected chi connectivity index (χ3v) is 5.05. The van der Waals surface area contributed by atoms with Gasteiger partial charge in [-0.15, -0.1) is 0 Å². The first-order valence-electron chi connectivity index (χ1n) is 9.13. The van der Waals surface area contributed by atoms with E-state index in [-0.39, 0.29) is 24.4 Å². The molecule has 28 heavy (non-hydrogen) atoms. The summed E-state index contributed by atoms with van der Waals surface area (Å²) in [4.78, 5) is 27.5. The lowest BCUT2D eigenvalue weighted by Gasteiger charge is -2.41. The van der Waals surface area contributed by atoms with Gasteiger partial charge in [0.2, 0.25) is 0 Å². The Balaban J connectivity index is 1.56. The highest BCUT2D eigenvalue weighted by Crippen LogP contribution is 2.18. The molecular weight excluding hydrogens is 383 g/mol. The van der Waals surface area contributed by atoms with Crippen LogP contribution >= 0.6 is 11.6 Å². The zero-order chi connectivity index (χ0) is 19.9. The summed E-state index contributed by atoms with van der Waals surface area (Å²) in [5.41, 5.74) is 0.975. The normalized spacial score (nSPS) is 17.4. The predicted molar refractivity (Wildman–Crippen MR) is 105 cm³/mol. The number of aldehydes is 1. The maximum atomic E-state index is 13.1. The fourth-order valence-electron chi connectivity index (χ4n) is 3.25. The number of piperazine rings is 1. The number of amides is 1. The molecule has 2 aromatic rings. The number of benzene rings is 2. The van der Waals surface area contributed by atoms with Crippen molar-refractivity contribution in [1.82, 2.24) is 9.80 Å². The van der Waals surface area contributed by atoms with Gasteiger partial charge in [0.15, 0.2) is 6.61 Å². The van der Waals surface area contributed by atoms with Crippen LogP contribution in [0.5, 0.6) is 5.75 Å². The molecule has 1 amide bonds. The number of ether oxygens (including phenoxy) is 1. The Bertz CT molecular complexity index is 798. The minimum atomic E-state index is -0.274. The number of halogens is 2. The van der Waals surface area contributed by atoms with Gasteiger partial charge in [-0.3, -0.25) is 9.69 Å². The Morgan fingerprint density at radius 2 is 1.86 bits per heavy atom. The fourth-order valence-corrected chi connectivity index (χ4v) is 3.38. The van der Waals surface area contributed by atoms with Crippen molar-refractivity contribution in [3.05, 3.63) is 64.9 Å². The van der Waals surface area contributed by atoms with Crippen molar-refractivity contribution < 1.29 is 18.7 Å². The zero-order valence-electron chi connectivity index (χ0n) is 15.4. The van der Waals surface area contributed by atoms with Crippen LogP contribution in [0.4, 0.5) is 4.39 Å². The van der Waals surface area contributed by atoms with Crippen LogP contribution in [0.15, 0.2) is 48.5 Å². The Labute approximate surface area is 168 Å². The van der Waals surface area contributed by atoms with Gasteiger partial charge in [-0.05, 0) is 42.0 Å². The molecule has 7 heteroatoms. The van der Waals surface area contributed by atoms with E-state index in [4.69, 9.17) is 16.3 Å². The lowest BCUT2D eigenvalue weighted by Crippen LogP contribution is -2.55. The van der Waals surface area contributed by atoms with E-state index >= 15 is 0 Å². The molecule has 3 rings (SSSR count). The first kappa shape index (κ1) is 20.3. The van der Waals surface area contributed by atoms with Gasteiger partial charge < -0.3 is 14.4 Å². The maximum Gasteiger partial charge on any atom is 0.260 e. The lowest BCUT2D eigenvalue weighted by molar-refractivity contribution is -0.137. The van der Waals surface area contributed by atoms with E-state index in [1.165, 1.54) is 12.1 Å². The van der Waals surface area contributed by atoms with Crippen molar-refractivity contribution in [2.24, 2.45) is 0 Å². The Hall–Kier alpha value is -2.44. The third kappa shape index (κ3) is 5.53. The van der Waals surface area contributed by atoms with Crippen molar-refractivity contribution >= 4 is 23.8 Å². The predicted octanol–water partition coefficient (Wildman–Crippen LogP) is 3.16. The van der Waals surface area contributed by atoms with Crippen LogP contribution in [0.3, 0.4) is 0 Å². The Morgan fingerprint density at radius 1 is 1.14 bits per heavy atom. The van der Waals surface area contributed by atoms with Gasteiger partial charge in [0, 0.05) is 43.7 Å². The quantitative estimate of drug-likeness (QED) is 0.665. The molecular formula is C21H22ClFN2O3. The molecule has 5 nitrogen and oxygen atoms in total. The van der Waals surface area contributed by atoms with Crippen LogP contribution in [-0.4, -0.2) is 54.3 Å². The molecule has 0 N–H and O–H groups in total. The van der Waals surface area contributed by atoms with Crippen LogP contribution < -0.4 is 4.74 Å². The zero-order valence-corrected chi connectivity index (χ0v) is 16.1. The van der Waals surface area contributed by atoms with Crippen molar-refractivity contribution in [3.8, 4) is 5.75 Å². The number of nitrogens with zero attached hydrogens (tertiary/aromatic N) is 2. The van der Waals surface area contributed by atoms with Gasteiger partial charge in [0.25, 0.3) is 5.91 Å². The highest BCUT2D eigenvalue weighted by Gasteiger charge is 2.29. The van der Waals surface area contributed by atoms with E-state index in [0.717, 1.165) is 11.8 Å². The molecule has 148 valence electrons. The van der Waals surface area contributed by atoms with E-state index in [1.807, 2.05) is 0 Å². The van der Waals surface area contributed by atoms with Gasteiger partial charge in [0.1, 0.15) is 17.9 Å². The van der Waals surface area contributed by atoms with Gasteiger partial charge in [-0.25, -0.2) is 4.39 Å².